The van der Waals surface area contributed by atoms with Crippen LogP contribution >= 0.6 is 0 Å². The van der Waals surface area contributed by atoms with Crippen LogP contribution in [-0.4, -0.2) is 23.5 Å². The van der Waals surface area contributed by atoms with Crippen molar-refractivity contribution in [3.8, 4) is 0 Å². The zero-order valence-corrected chi connectivity index (χ0v) is 9.47. The molecule has 6 nitrogen and oxygen atoms in total. The quantitative estimate of drug-likeness (QED) is 0.662. The van der Waals surface area contributed by atoms with E-state index in [0.717, 1.165) is 0 Å². The van der Waals surface area contributed by atoms with Crippen molar-refractivity contribution in [2.45, 2.75) is 19.9 Å². The third-order valence-electron chi connectivity index (χ3n) is 2.19. The predicted octanol–water partition coefficient (Wildman–Crippen LogP) is -0.0539. The molecule has 0 aliphatic carbocycles. The van der Waals surface area contributed by atoms with Gasteiger partial charge in [-0.15, -0.1) is 0 Å². The molecule has 0 aliphatic rings. The third kappa shape index (κ3) is 2.75. The summed E-state index contributed by atoms with van der Waals surface area (Å²) in [5, 5.41) is 0. The number of anilines is 3. The van der Waals surface area contributed by atoms with Gasteiger partial charge in [-0.05, 0) is 26.0 Å². The summed E-state index contributed by atoms with van der Waals surface area (Å²) in [6, 6.07) is 3.48. The van der Waals surface area contributed by atoms with E-state index in [2.05, 4.69) is 4.98 Å². The van der Waals surface area contributed by atoms with Gasteiger partial charge in [0.2, 0.25) is 5.91 Å². The second-order valence-electron chi connectivity index (χ2n) is 3.83. The van der Waals surface area contributed by atoms with Crippen molar-refractivity contribution < 1.29 is 4.79 Å². The minimum Gasteiger partial charge on any atom is -0.396 e. The SMILES string of the molecule is CC(C)N(CC(N)=O)c1ccc(N)c(N)n1. The molecule has 0 saturated heterocycles. The van der Waals surface area contributed by atoms with E-state index in [1.807, 2.05) is 13.8 Å². The summed E-state index contributed by atoms with van der Waals surface area (Å²) in [6.07, 6.45) is 0. The molecule has 0 fully saturated rings. The maximum atomic E-state index is 10.9. The Labute approximate surface area is 94.4 Å². The number of pyridine rings is 1. The Balaban J connectivity index is 3.01. The third-order valence-corrected chi connectivity index (χ3v) is 2.19. The van der Waals surface area contributed by atoms with Crippen LogP contribution in [0.2, 0.25) is 0 Å². The van der Waals surface area contributed by atoms with E-state index in [1.165, 1.54) is 0 Å². The monoisotopic (exact) mass is 223 g/mol. The zero-order chi connectivity index (χ0) is 12.3. The lowest BCUT2D eigenvalue weighted by molar-refractivity contribution is -0.116. The van der Waals surface area contributed by atoms with Crippen LogP contribution in [0.4, 0.5) is 17.3 Å². The summed E-state index contributed by atoms with van der Waals surface area (Å²) >= 11 is 0. The Hall–Kier alpha value is -1.98. The molecule has 0 atom stereocenters. The van der Waals surface area contributed by atoms with Gasteiger partial charge in [0.1, 0.15) is 11.6 Å². The Morgan fingerprint density at radius 2 is 2.06 bits per heavy atom. The largest absolute Gasteiger partial charge is 0.396 e. The molecule has 1 aromatic heterocycles. The number of nitrogens with two attached hydrogens (primary N) is 3. The summed E-state index contributed by atoms with van der Waals surface area (Å²) in [7, 11) is 0. The zero-order valence-electron chi connectivity index (χ0n) is 9.47. The first-order chi connectivity index (χ1) is 7.41. The molecule has 0 unspecified atom stereocenters. The Bertz CT molecular complexity index is 391. The van der Waals surface area contributed by atoms with E-state index in [9.17, 15) is 4.79 Å². The Kier molecular flexibility index (Phi) is 3.55. The highest BCUT2D eigenvalue weighted by molar-refractivity contribution is 5.79. The number of carbonyl (C=O) groups excluding carboxylic acids is 1. The van der Waals surface area contributed by atoms with Gasteiger partial charge in [-0.2, -0.15) is 0 Å². The molecular formula is C10H17N5O. The number of hydrogen-bond donors (Lipinski definition) is 3. The first-order valence-corrected chi connectivity index (χ1v) is 4.98. The normalized spacial score (nSPS) is 10.4. The Morgan fingerprint density at radius 1 is 1.44 bits per heavy atom. The molecule has 6 heteroatoms. The summed E-state index contributed by atoms with van der Waals surface area (Å²) in [6.45, 7) is 3.99. The number of hydrogen-bond acceptors (Lipinski definition) is 5. The summed E-state index contributed by atoms with van der Waals surface area (Å²) in [4.78, 5) is 16.8. The molecule has 16 heavy (non-hydrogen) atoms. The van der Waals surface area contributed by atoms with Crippen LogP contribution in [0.1, 0.15) is 13.8 Å². The minimum absolute atomic E-state index is 0.100. The number of aromatic nitrogens is 1. The van der Waals surface area contributed by atoms with Gasteiger partial charge in [0, 0.05) is 6.04 Å². The topological polar surface area (TPSA) is 111 Å². The van der Waals surface area contributed by atoms with Crippen LogP contribution in [0.5, 0.6) is 0 Å². The van der Waals surface area contributed by atoms with Gasteiger partial charge in [-0.25, -0.2) is 4.98 Å². The molecule has 0 aromatic carbocycles. The van der Waals surface area contributed by atoms with Gasteiger partial charge in [0.25, 0.3) is 0 Å². The average molecular weight is 223 g/mol. The van der Waals surface area contributed by atoms with E-state index in [1.54, 1.807) is 17.0 Å². The van der Waals surface area contributed by atoms with Gasteiger partial charge < -0.3 is 22.1 Å². The molecule has 0 radical (unpaired) electrons. The molecule has 0 saturated carbocycles. The molecule has 0 spiro atoms. The number of nitrogen functional groups attached to an aromatic ring is 2. The average Bonchev–Trinajstić information content (AvgIpc) is 2.18. The van der Waals surface area contributed by atoms with Gasteiger partial charge in [0.15, 0.2) is 0 Å². The summed E-state index contributed by atoms with van der Waals surface area (Å²) < 4.78 is 0. The van der Waals surface area contributed by atoms with Crippen molar-refractivity contribution in [2.75, 3.05) is 22.9 Å². The van der Waals surface area contributed by atoms with E-state index < -0.39 is 5.91 Å². The predicted molar refractivity (Wildman–Crippen MR) is 64.7 cm³/mol. The standard InChI is InChI=1S/C10H17N5O/c1-6(2)15(5-8(12)16)9-4-3-7(11)10(13)14-9/h3-4,6H,5,11H2,1-2H3,(H2,12,16)(H2,13,14). The first-order valence-electron chi connectivity index (χ1n) is 4.98. The fraction of sp³-hybridized carbons (Fsp3) is 0.400. The summed E-state index contributed by atoms with van der Waals surface area (Å²) in [5.74, 6) is 0.444. The fourth-order valence-corrected chi connectivity index (χ4v) is 1.33. The highest BCUT2D eigenvalue weighted by atomic mass is 16.1. The number of amides is 1. The number of primary amides is 1. The van der Waals surface area contributed by atoms with Crippen LogP contribution in [0.15, 0.2) is 12.1 Å². The summed E-state index contributed by atoms with van der Waals surface area (Å²) in [5.41, 5.74) is 16.8. The highest BCUT2D eigenvalue weighted by Gasteiger charge is 2.14. The molecule has 1 aromatic rings. The van der Waals surface area contributed by atoms with Crippen molar-refractivity contribution in [1.29, 1.82) is 0 Å². The molecule has 1 rings (SSSR count). The van der Waals surface area contributed by atoms with E-state index >= 15 is 0 Å². The molecule has 0 aliphatic heterocycles. The lowest BCUT2D eigenvalue weighted by Crippen LogP contribution is -2.39. The highest BCUT2D eigenvalue weighted by Crippen LogP contribution is 2.19. The van der Waals surface area contributed by atoms with Crippen LogP contribution in [0.3, 0.4) is 0 Å². The first kappa shape index (κ1) is 12.1. The number of nitrogens with zero attached hydrogens (tertiary/aromatic N) is 2. The van der Waals surface area contributed by atoms with Crippen molar-refractivity contribution in [1.82, 2.24) is 4.98 Å². The van der Waals surface area contributed by atoms with Crippen LogP contribution in [0, 0.1) is 0 Å². The molecular weight excluding hydrogens is 206 g/mol. The fourth-order valence-electron chi connectivity index (χ4n) is 1.33. The maximum absolute atomic E-state index is 10.9. The lowest BCUT2D eigenvalue weighted by Gasteiger charge is -2.26. The van der Waals surface area contributed by atoms with Gasteiger partial charge in [-0.3, -0.25) is 4.79 Å². The minimum atomic E-state index is -0.411. The van der Waals surface area contributed by atoms with Crippen molar-refractivity contribution in [3.05, 3.63) is 12.1 Å². The second kappa shape index (κ2) is 4.69. The van der Waals surface area contributed by atoms with Gasteiger partial charge in [0.05, 0.1) is 12.2 Å². The molecule has 6 N–H and O–H groups in total. The van der Waals surface area contributed by atoms with Crippen molar-refractivity contribution >= 4 is 23.2 Å². The van der Waals surface area contributed by atoms with Crippen LogP contribution in [0.25, 0.3) is 0 Å². The molecule has 0 bridgehead atoms. The van der Waals surface area contributed by atoms with E-state index in [4.69, 9.17) is 17.2 Å². The molecule has 88 valence electrons. The van der Waals surface area contributed by atoms with E-state index in [0.29, 0.717) is 11.5 Å². The lowest BCUT2D eigenvalue weighted by atomic mass is 10.3. The van der Waals surface area contributed by atoms with Crippen LogP contribution in [-0.2, 0) is 4.79 Å². The maximum Gasteiger partial charge on any atom is 0.237 e. The number of rotatable bonds is 4. The Morgan fingerprint density at radius 3 is 2.50 bits per heavy atom. The smallest absolute Gasteiger partial charge is 0.237 e. The number of carbonyl (C=O) groups is 1. The van der Waals surface area contributed by atoms with Crippen LogP contribution < -0.4 is 22.1 Å². The molecule has 1 heterocycles. The van der Waals surface area contributed by atoms with Crippen molar-refractivity contribution in [2.24, 2.45) is 5.73 Å². The van der Waals surface area contributed by atoms with Crippen molar-refractivity contribution in [3.63, 3.8) is 0 Å². The second-order valence-corrected chi connectivity index (χ2v) is 3.83. The van der Waals surface area contributed by atoms with Gasteiger partial charge >= 0.3 is 0 Å². The van der Waals surface area contributed by atoms with Gasteiger partial charge in [-0.1, -0.05) is 0 Å². The van der Waals surface area contributed by atoms with E-state index in [-0.39, 0.29) is 18.4 Å². The molecule has 1 amide bonds.